The highest BCUT2D eigenvalue weighted by molar-refractivity contribution is 5.91. The van der Waals surface area contributed by atoms with Gasteiger partial charge >= 0.3 is 0 Å². The van der Waals surface area contributed by atoms with Crippen molar-refractivity contribution >= 4 is 5.78 Å². The summed E-state index contributed by atoms with van der Waals surface area (Å²) in [5, 5.41) is 0. The Bertz CT molecular complexity index is 530. The van der Waals surface area contributed by atoms with E-state index in [0.29, 0.717) is 18.4 Å². The summed E-state index contributed by atoms with van der Waals surface area (Å²) in [6.45, 7) is 4.14. The second-order valence-corrected chi connectivity index (χ2v) is 5.90. The monoisotopic (exact) mass is 262 g/mol. The molecule has 0 saturated carbocycles. The molecule has 0 aliphatic heterocycles. The molecule has 0 N–H and O–H groups in total. The van der Waals surface area contributed by atoms with Crippen molar-refractivity contribution in [3.8, 4) is 5.75 Å². The molecule has 0 unspecified atom stereocenters. The van der Waals surface area contributed by atoms with Crippen LogP contribution >= 0.6 is 0 Å². The van der Waals surface area contributed by atoms with E-state index in [4.69, 9.17) is 4.74 Å². The summed E-state index contributed by atoms with van der Waals surface area (Å²) >= 11 is 0. The van der Waals surface area contributed by atoms with E-state index in [2.05, 4.69) is 13.8 Å². The maximum absolute atomic E-state index is 14.1. The highest BCUT2D eigenvalue weighted by Crippen LogP contribution is 2.35. The number of carbonyl (C=O) groups is 1. The van der Waals surface area contributed by atoms with Gasteiger partial charge in [0.2, 0.25) is 0 Å². The van der Waals surface area contributed by atoms with Crippen LogP contribution in [-0.4, -0.2) is 12.9 Å². The Hall–Kier alpha value is -1.64. The molecule has 0 bridgehead atoms. The molecule has 1 aromatic rings. The van der Waals surface area contributed by atoms with Gasteiger partial charge in [-0.1, -0.05) is 31.6 Å². The topological polar surface area (TPSA) is 26.3 Å². The molecular formula is C16H19FO2. The fourth-order valence-corrected chi connectivity index (χ4v) is 2.69. The van der Waals surface area contributed by atoms with Crippen molar-refractivity contribution in [2.24, 2.45) is 5.41 Å². The van der Waals surface area contributed by atoms with E-state index in [0.717, 1.165) is 12.0 Å². The predicted octanol–water partition coefficient (Wildman–Crippen LogP) is 3.69. The van der Waals surface area contributed by atoms with Gasteiger partial charge < -0.3 is 4.74 Å². The SMILES string of the molecule is COc1cccc(CC2=CC(=O)CC(C)(C)C2)c1F. The fraction of sp³-hybridized carbons (Fsp3) is 0.438. The van der Waals surface area contributed by atoms with Gasteiger partial charge in [-0.3, -0.25) is 4.79 Å². The number of ketones is 1. The Labute approximate surface area is 113 Å². The van der Waals surface area contributed by atoms with Gasteiger partial charge in [-0.25, -0.2) is 4.39 Å². The van der Waals surface area contributed by atoms with Crippen molar-refractivity contribution in [2.45, 2.75) is 33.1 Å². The summed E-state index contributed by atoms with van der Waals surface area (Å²) in [6, 6.07) is 5.11. The number of hydrogen-bond donors (Lipinski definition) is 0. The van der Waals surface area contributed by atoms with Crippen LogP contribution in [-0.2, 0) is 11.2 Å². The lowest BCUT2D eigenvalue weighted by atomic mass is 9.75. The van der Waals surface area contributed by atoms with E-state index in [1.54, 1.807) is 24.3 Å². The van der Waals surface area contributed by atoms with Gasteiger partial charge in [0.05, 0.1) is 7.11 Å². The smallest absolute Gasteiger partial charge is 0.168 e. The van der Waals surface area contributed by atoms with E-state index in [1.807, 2.05) is 0 Å². The first-order chi connectivity index (χ1) is 8.91. The van der Waals surface area contributed by atoms with Crippen LogP contribution in [0.2, 0.25) is 0 Å². The van der Waals surface area contributed by atoms with Crippen molar-refractivity contribution in [1.29, 1.82) is 0 Å². The molecule has 2 nitrogen and oxygen atoms in total. The maximum atomic E-state index is 14.1. The van der Waals surface area contributed by atoms with Gasteiger partial charge in [-0.2, -0.15) is 0 Å². The van der Waals surface area contributed by atoms with E-state index < -0.39 is 0 Å². The normalized spacial score (nSPS) is 18.1. The van der Waals surface area contributed by atoms with Crippen LogP contribution < -0.4 is 4.74 Å². The molecule has 3 heteroatoms. The van der Waals surface area contributed by atoms with Gasteiger partial charge in [0.15, 0.2) is 17.3 Å². The van der Waals surface area contributed by atoms with Crippen LogP contribution in [0.25, 0.3) is 0 Å². The van der Waals surface area contributed by atoms with Crippen molar-refractivity contribution in [1.82, 2.24) is 0 Å². The second kappa shape index (κ2) is 5.16. The lowest BCUT2D eigenvalue weighted by Crippen LogP contribution is -2.22. The van der Waals surface area contributed by atoms with Crippen molar-refractivity contribution in [3.05, 3.63) is 41.2 Å². The molecule has 0 aromatic heterocycles. The molecule has 0 saturated heterocycles. The van der Waals surface area contributed by atoms with E-state index in [9.17, 15) is 9.18 Å². The Balaban J connectivity index is 2.24. The molecule has 0 amide bonds. The Morgan fingerprint density at radius 3 is 2.68 bits per heavy atom. The minimum atomic E-state index is -0.332. The number of methoxy groups -OCH3 is 1. The number of ether oxygens (including phenoxy) is 1. The maximum Gasteiger partial charge on any atom is 0.168 e. The van der Waals surface area contributed by atoms with E-state index >= 15 is 0 Å². The summed E-state index contributed by atoms with van der Waals surface area (Å²) in [5.74, 6) is 0.0516. The zero-order chi connectivity index (χ0) is 14.0. The molecule has 0 radical (unpaired) electrons. The molecule has 0 fully saturated rings. The first-order valence-electron chi connectivity index (χ1n) is 6.45. The minimum Gasteiger partial charge on any atom is -0.494 e. The summed E-state index contributed by atoms with van der Waals surface area (Å²) in [5.41, 5.74) is 1.54. The Kier molecular flexibility index (Phi) is 3.74. The first kappa shape index (κ1) is 13.8. The van der Waals surface area contributed by atoms with Crippen LogP contribution in [0.1, 0.15) is 32.3 Å². The second-order valence-electron chi connectivity index (χ2n) is 5.90. The van der Waals surface area contributed by atoms with Crippen LogP contribution in [0.15, 0.2) is 29.8 Å². The summed E-state index contributed by atoms with van der Waals surface area (Å²) in [6.07, 6.45) is 3.54. The summed E-state index contributed by atoms with van der Waals surface area (Å²) < 4.78 is 19.1. The zero-order valence-corrected chi connectivity index (χ0v) is 11.6. The Morgan fingerprint density at radius 1 is 1.32 bits per heavy atom. The lowest BCUT2D eigenvalue weighted by Gasteiger charge is -2.29. The molecule has 1 aliphatic carbocycles. The molecule has 0 atom stereocenters. The van der Waals surface area contributed by atoms with Crippen LogP contribution in [0.4, 0.5) is 4.39 Å². The van der Waals surface area contributed by atoms with Crippen LogP contribution in [0.5, 0.6) is 5.75 Å². The van der Waals surface area contributed by atoms with Gasteiger partial charge in [0.1, 0.15) is 0 Å². The van der Waals surface area contributed by atoms with E-state index in [-0.39, 0.29) is 22.8 Å². The molecule has 0 heterocycles. The highest BCUT2D eigenvalue weighted by Gasteiger charge is 2.27. The van der Waals surface area contributed by atoms with Crippen molar-refractivity contribution in [3.63, 3.8) is 0 Å². The third-order valence-electron chi connectivity index (χ3n) is 3.40. The average Bonchev–Trinajstić information content (AvgIpc) is 2.29. The third kappa shape index (κ3) is 3.22. The number of benzene rings is 1. The number of hydrogen-bond acceptors (Lipinski definition) is 2. The number of allylic oxidation sites excluding steroid dienone is 2. The van der Waals surface area contributed by atoms with Gasteiger partial charge in [0.25, 0.3) is 0 Å². The molecular weight excluding hydrogens is 243 g/mol. The lowest BCUT2D eigenvalue weighted by molar-refractivity contribution is -0.117. The van der Waals surface area contributed by atoms with E-state index in [1.165, 1.54) is 7.11 Å². The average molecular weight is 262 g/mol. The first-order valence-corrected chi connectivity index (χ1v) is 6.45. The molecule has 1 aliphatic rings. The molecule has 2 rings (SSSR count). The third-order valence-corrected chi connectivity index (χ3v) is 3.40. The van der Waals surface area contributed by atoms with Crippen LogP contribution in [0.3, 0.4) is 0 Å². The van der Waals surface area contributed by atoms with Gasteiger partial charge in [-0.15, -0.1) is 0 Å². The molecule has 102 valence electrons. The number of rotatable bonds is 3. The van der Waals surface area contributed by atoms with Crippen molar-refractivity contribution < 1.29 is 13.9 Å². The van der Waals surface area contributed by atoms with Crippen molar-refractivity contribution in [2.75, 3.05) is 7.11 Å². The van der Waals surface area contributed by atoms with Gasteiger partial charge in [-0.05, 0) is 36.0 Å². The highest BCUT2D eigenvalue weighted by atomic mass is 19.1. The zero-order valence-electron chi connectivity index (χ0n) is 11.6. The minimum absolute atomic E-state index is 0.0312. The van der Waals surface area contributed by atoms with Crippen LogP contribution in [0, 0.1) is 11.2 Å². The summed E-state index contributed by atoms with van der Waals surface area (Å²) in [4.78, 5) is 11.7. The number of carbonyl (C=O) groups excluding carboxylic acids is 1. The standard InChI is InChI=1S/C16H19FO2/c1-16(2)9-11(8-13(18)10-16)7-12-5-4-6-14(19-3)15(12)17/h4-6,8H,7,9-10H2,1-3H3. The predicted molar refractivity (Wildman–Crippen MR) is 72.8 cm³/mol. The largest absolute Gasteiger partial charge is 0.494 e. The summed E-state index contributed by atoms with van der Waals surface area (Å²) in [7, 11) is 1.45. The fourth-order valence-electron chi connectivity index (χ4n) is 2.69. The quantitative estimate of drug-likeness (QED) is 0.830. The molecule has 0 spiro atoms. The Morgan fingerprint density at radius 2 is 2.05 bits per heavy atom. The van der Waals surface area contributed by atoms with Gasteiger partial charge in [0, 0.05) is 6.42 Å². The molecule has 1 aromatic carbocycles. The molecule has 19 heavy (non-hydrogen) atoms. The number of halogens is 1.